The van der Waals surface area contributed by atoms with Gasteiger partial charge in [-0.25, -0.2) is 8.78 Å². The van der Waals surface area contributed by atoms with Crippen LogP contribution in [0.25, 0.3) is 10.9 Å². The monoisotopic (exact) mass is 414 g/mol. The molecule has 0 aliphatic rings. The number of fused-ring (bicyclic) bond motifs is 1. The van der Waals surface area contributed by atoms with Crippen molar-refractivity contribution in [2.24, 2.45) is 0 Å². The van der Waals surface area contributed by atoms with Crippen molar-refractivity contribution in [3.05, 3.63) is 59.2 Å². The Bertz CT molecular complexity index is 945. The van der Waals surface area contributed by atoms with E-state index in [4.69, 9.17) is 16.3 Å². The molecule has 0 unspecified atom stereocenters. The van der Waals surface area contributed by atoms with Gasteiger partial charge in [0.05, 0.1) is 5.69 Å². The van der Waals surface area contributed by atoms with Crippen LogP contribution in [0.2, 0.25) is 5.02 Å². The maximum Gasteiger partial charge on any atom is 0.340 e. The molecule has 8 heteroatoms. The zero-order valence-electron chi connectivity index (χ0n) is 15.1. The molecule has 0 saturated heterocycles. The van der Waals surface area contributed by atoms with Gasteiger partial charge in [0.15, 0.2) is 6.61 Å². The summed E-state index contributed by atoms with van der Waals surface area (Å²) in [7, 11) is 0. The molecule has 0 radical (unpaired) electrons. The number of rotatable bonds is 8. The van der Waals surface area contributed by atoms with E-state index in [-0.39, 0.29) is 5.75 Å². The maximum atomic E-state index is 13.1. The van der Waals surface area contributed by atoms with Gasteiger partial charge >= 0.3 is 12.3 Å². The molecule has 1 heterocycles. The first-order valence-corrected chi connectivity index (χ1v) is 9.07. The molecule has 0 bridgehead atoms. The van der Waals surface area contributed by atoms with Crippen LogP contribution in [-0.4, -0.2) is 30.5 Å². The van der Waals surface area contributed by atoms with E-state index < -0.39 is 19.0 Å². The Morgan fingerprint density at radius 1 is 1.18 bits per heavy atom. The molecule has 150 valence electrons. The summed E-state index contributed by atoms with van der Waals surface area (Å²) in [5, 5.41) is 1.60. The van der Waals surface area contributed by atoms with Crippen LogP contribution in [0.3, 0.4) is 0 Å². The Hall–Kier alpha value is -2.41. The molecule has 0 fully saturated rings. The highest BCUT2D eigenvalue weighted by Crippen LogP contribution is 2.31. The molecule has 0 amide bonds. The molecular weight excluding hydrogens is 396 g/mol. The largest absolute Gasteiger partial charge is 0.487 e. The van der Waals surface area contributed by atoms with Crippen molar-refractivity contribution in [2.45, 2.75) is 25.8 Å². The van der Waals surface area contributed by atoms with Gasteiger partial charge in [0.1, 0.15) is 5.75 Å². The number of ether oxygens (including phenoxy) is 1. The number of aromatic amines is 1. The Kier molecular flexibility index (Phi) is 6.03. The highest BCUT2D eigenvalue weighted by Gasteiger charge is 2.41. The van der Waals surface area contributed by atoms with Crippen molar-refractivity contribution in [1.29, 1.82) is 0 Å². The molecule has 1 N–H and O–H groups in total. The highest BCUT2D eigenvalue weighted by atomic mass is 35.5. The summed E-state index contributed by atoms with van der Waals surface area (Å²) >= 11 is 6.11. The summed E-state index contributed by atoms with van der Waals surface area (Å²) in [6.45, 7) is 1.80. The fourth-order valence-electron chi connectivity index (χ4n) is 2.90. The first-order chi connectivity index (χ1) is 13.3. The second-order valence-electron chi connectivity index (χ2n) is 6.38. The smallest absolute Gasteiger partial charge is 0.340 e. The normalized spacial score (nSPS) is 12.0. The third-order valence-corrected chi connectivity index (χ3v) is 4.60. The van der Waals surface area contributed by atoms with Crippen molar-refractivity contribution in [3.63, 3.8) is 0 Å². The number of alkyl halides is 4. The third-order valence-electron chi connectivity index (χ3n) is 4.37. The molecule has 0 atom stereocenters. The van der Waals surface area contributed by atoms with Gasteiger partial charge in [0, 0.05) is 35.2 Å². The maximum absolute atomic E-state index is 13.1. The zero-order chi connectivity index (χ0) is 20.3. The highest BCUT2D eigenvalue weighted by molar-refractivity contribution is 6.31. The predicted octanol–water partition coefficient (Wildman–Crippen LogP) is 6.13. The van der Waals surface area contributed by atoms with Crippen LogP contribution >= 0.6 is 11.6 Å². The summed E-state index contributed by atoms with van der Waals surface area (Å²) < 4.78 is 55.6. The van der Waals surface area contributed by atoms with E-state index in [0.29, 0.717) is 18.1 Å². The lowest BCUT2D eigenvalue weighted by molar-refractivity contribution is -0.148. The topological polar surface area (TPSA) is 28.3 Å². The number of benzene rings is 2. The van der Waals surface area contributed by atoms with Crippen LogP contribution in [0.15, 0.2) is 48.7 Å². The molecule has 3 nitrogen and oxygen atoms in total. The lowest BCUT2D eigenvalue weighted by atomic mass is 10.1. The predicted molar refractivity (Wildman–Crippen MR) is 103 cm³/mol. The molecule has 28 heavy (non-hydrogen) atoms. The first-order valence-electron chi connectivity index (χ1n) is 8.69. The van der Waals surface area contributed by atoms with Crippen LogP contribution in [0.5, 0.6) is 5.75 Å². The molecule has 3 rings (SSSR count). The second kappa shape index (κ2) is 8.31. The fourth-order valence-corrected chi connectivity index (χ4v) is 3.08. The van der Waals surface area contributed by atoms with Crippen LogP contribution in [0.4, 0.5) is 23.2 Å². The second-order valence-corrected chi connectivity index (χ2v) is 6.81. The van der Waals surface area contributed by atoms with Gasteiger partial charge < -0.3 is 14.6 Å². The van der Waals surface area contributed by atoms with E-state index in [1.165, 1.54) is 6.07 Å². The Morgan fingerprint density at radius 3 is 2.68 bits per heavy atom. The molecule has 3 aromatic rings. The Balaban J connectivity index is 1.77. The molecule has 1 aromatic heterocycles. The number of nitrogens with zero attached hydrogens (tertiary/aromatic N) is 1. The lowest BCUT2D eigenvalue weighted by Gasteiger charge is -2.23. The van der Waals surface area contributed by atoms with Gasteiger partial charge in [-0.05, 0) is 42.8 Å². The SMILES string of the molecule is CCN(Cc1cccc(OCC(F)(F)C(F)F)c1)c1c[nH]c2ccc(Cl)cc12. The van der Waals surface area contributed by atoms with Gasteiger partial charge in [-0.3, -0.25) is 0 Å². The summed E-state index contributed by atoms with van der Waals surface area (Å²) in [6.07, 6.45) is -1.88. The van der Waals surface area contributed by atoms with Crippen LogP contribution < -0.4 is 9.64 Å². The van der Waals surface area contributed by atoms with E-state index in [0.717, 1.165) is 22.2 Å². The Morgan fingerprint density at radius 2 is 1.96 bits per heavy atom. The number of halogens is 5. The molecule has 0 aliphatic carbocycles. The van der Waals surface area contributed by atoms with E-state index in [1.807, 2.05) is 31.3 Å². The quantitative estimate of drug-likeness (QED) is 0.449. The minimum atomic E-state index is -4.19. The van der Waals surface area contributed by atoms with E-state index in [1.54, 1.807) is 18.2 Å². The van der Waals surface area contributed by atoms with Crippen LogP contribution in [-0.2, 0) is 6.54 Å². The van der Waals surface area contributed by atoms with Crippen molar-refractivity contribution in [2.75, 3.05) is 18.1 Å². The van der Waals surface area contributed by atoms with Crippen LogP contribution in [0, 0.1) is 0 Å². The zero-order valence-corrected chi connectivity index (χ0v) is 15.8. The number of aromatic nitrogens is 1. The first kappa shape index (κ1) is 20.3. The Labute approximate surface area is 164 Å². The van der Waals surface area contributed by atoms with Gasteiger partial charge in [0.2, 0.25) is 0 Å². The number of hydrogen-bond donors (Lipinski definition) is 1. The molecule has 2 aromatic carbocycles. The number of hydrogen-bond acceptors (Lipinski definition) is 2. The average molecular weight is 415 g/mol. The summed E-state index contributed by atoms with van der Waals surface area (Å²) in [5.74, 6) is -4.06. The van der Waals surface area contributed by atoms with Gasteiger partial charge in [0.25, 0.3) is 0 Å². The number of anilines is 1. The molecule has 0 saturated carbocycles. The van der Waals surface area contributed by atoms with Crippen LogP contribution in [0.1, 0.15) is 12.5 Å². The van der Waals surface area contributed by atoms with E-state index in [9.17, 15) is 17.6 Å². The molecule has 0 aliphatic heterocycles. The number of H-pyrrole nitrogens is 1. The third kappa shape index (κ3) is 4.52. The van der Waals surface area contributed by atoms with Gasteiger partial charge in [-0.1, -0.05) is 23.7 Å². The fraction of sp³-hybridized carbons (Fsp3) is 0.300. The lowest BCUT2D eigenvalue weighted by Crippen LogP contribution is -2.33. The van der Waals surface area contributed by atoms with Crippen molar-refractivity contribution in [1.82, 2.24) is 4.98 Å². The summed E-state index contributed by atoms with van der Waals surface area (Å²) in [4.78, 5) is 5.28. The molecular formula is C20H19ClF4N2O. The minimum absolute atomic E-state index is 0.121. The number of nitrogens with one attached hydrogen (secondary N) is 1. The van der Waals surface area contributed by atoms with E-state index >= 15 is 0 Å². The van der Waals surface area contributed by atoms with Gasteiger partial charge in [-0.2, -0.15) is 8.78 Å². The summed E-state index contributed by atoms with van der Waals surface area (Å²) in [5.41, 5.74) is 2.70. The van der Waals surface area contributed by atoms with E-state index in [2.05, 4.69) is 9.88 Å². The van der Waals surface area contributed by atoms with Crippen molar-refractivity contribution >= 4 is 28.2 Å². The van der Waals surface area contributed by atoms with Gasteiger partial charge in [-0.15, -0.1) is 0 Å². The van der Waals surface area contributed by atoms with Crippen molar-refractivity contribution < 1.29 is 22.3 Å². The standard InChI is InChI=1S/C20H19ClF4N2O/c1-2-27(18-10-26-17-7-6-14(21)9-16(17)18)11-13-4-3-5-15(8-13)28-12-20(24,25)19(22)23/h3-10,19,26H,2,11-12H2,1H3. The average Bonchev–Trinajstić information content (AvgIpc) is 3.07. The minimum Gasteiger partial charge on any atom is -0.487 e. The molecule has 0 spiro atoms. The van der Waals surface area contributed by atoms with Crippen molar-refractivity contribution in [3.8, 4) is 5.75 Å². The summed E-state index contributed by atoms with van der Waals surface area (Å²) in [6, 6.07) is 12.1.